The van der Waals surface area contributed by atoms with Crippen molar-refractivity contribution in [3.05, 3.63) is 35.6 Å². The van der Waals surface area contributed by atoms with E-state index in [-0.39, 0.29) is 12.0 Å². The van der Waals surface area contributed by atoms with Crippen molar-refractivity contribution in [2.45, 2.75) is 19.4 Å². The Morgan fingerprint density at radius 1 is 1.50 bits per heavy atom. The lowest BCUT2D eigenvalue weighted by Gasteiger charge is -2.17. The molecule has 0 saturated carbocycles. The van der Waals surface area contributed by atoms with E-state index < -0.39 is 29.7 Å². The monoisotopic (exact) mass is 278 g/mol. The van der Waals surface area contributed by atoms with Gasteiger partial charge in [0.15, 0.2) is 0 Å². The third-order valence-electron chi connectivity index (χ3n) is 2.69. The van der Waals surface area contributed by atoms with Crippen molar-refractivity contribution >= 4 is 11.9 Å². The lowest BCUT2D eigenvalue weighted by molar-refractivity contribution is -0.143. The van der Waals surface area contributed by atoms with E-state index >= 15 is 0 Å². The Kier molecular flexibility index (Phi) is 5.66. The highest BCUT2D eigenvalue weighted by atomic mass is 19.1. The molecular formula is C14H15FN2O3. The summed E-state index contributed by atoms with van der Waals surface area (Å²) < 4.78 is 17.6. The lowest BCUT2D eigenvalue weighted by Crippen LogP contribution is -2.42. The minimum absolute atomic E-state index is 0.100. The van der Waals surface area contributed by atoms with Crippen molar-refractivity contribution in [1.29, 1.82) is 5.26 Å². The number of rotatable bonds is 5. The van der Waals surface area contributed by atoms with Gasteiger partial charge >= 0.3 is 5.97 Å². The van der Waals surface area contributed by atoms with Crippen LogP contribution < -0.4 is 5.32 Å². The predicted molar refractivity (Wildman–Crippen MR) is 69.1 cm³/mol. The van der Waals surface area contributed by atoms with Crippen molar-refractivity contribution in [3.63, 3.8) is 0 Å². The van der Waals surface area contributed by atoms with Gasteiger partial charge in [-0.3, -0.25) is 4.79 Å². The van der Waals surface area contributed by atoms with Crippen LogP contribution in [0, 0.1) is 23.1 Å². The van der Waals surface area contributed by atoms with E-state index in [2.05, 4.69) is 10.1 Å². The normalized spacial score (nSPS) is 12.9. The summed E-state index contributed by atoms with van der Waals surface area (Å²) in [7, 11) is 1.20. The molecule has 106 valence electrons. The molecule has 5 nitrogen and oxygen atoms in total. The molecule has 1 aromatic rings. The number of carbonyl (C=O) groups is 2. The van der Waals surface area contributed by atoms with Crippen LogP contribution in [-0.2, 0) is 9.53 Å². The molecule has 6 heteroatoms. The zero-order valence-electron chi connectivity index (χ0n) is 11.2. The van der Waals surface area contributed by atoms with E-state index in [1.54, 1.807) is 6.92 Å². The number of hydrogen-bond donors (Lipinski definition) is 1. The summed E-state index contributed by atoms with van der Waals surface area (Å²) in [6.07, 6.45) is 0.129. The van der Waals surface area contributed by atoms with Gasteiger partial charge in [0, 0.05) is 11.5 Å². The van der Waals surface area contributed by atoms with Crippen LogP contribution in [0.3, 0.4) is 0 Å². The van der Waals surface area contributed by atoms with Gasteiger partial charge in [-0.25, -0.2) is 9.18 Å². The molecule has 1 N–H and O–H groups in total. The fourth-order valence-electron chi connectivity index (χ4n) is 1.63. The van der Waals surface area contributed by atoms with Crippen molar-refractivity contribution in [3.8, 4) is 6.07 Å². The number of carbonyl (C=O) groups excluding carboxylic acids is 2. The third kappa shape index (κ3) is 4.35. The highest BCUT2D eigenvalue weighted by Crippen LogP contribution is 2.09. The average Bonchev–Trinajstić information content (AvgIpc) is 2.45. The molecule has 0 spiro atoms. The number of nitrogens with zero attached hydrogens (tertiary/aromatic N) is 1. The predicted octanol–water partition coefficient (Wildman–Crippen LogP) is 1.65. The first kappa shape index (κ1) is 15.6. The number of benzene rings is 1. The molecule has 0 heterocycles. The number of hydrogen-bond acceptors (Lipinski definition) is 4. The van der Waals surface area contributed by atoms with Gasteiger partial charge in [-0.15, -0.1) is 0 Å². The fraction of sp³-hybridized carbons (Fsp3) is 0.357. The standard InChI is InChI=1S/C14H15FN2O3/c1-9(8-16)6-12(14(19)20-2)17-13(18)10-4-3-5-11(15)7-10/h3-5,7,9,12H,6H2,1-2H3,(H,17,18)/t9-,12-/m0/s1. The Balaban J connectivity index is 2.81. The molecule has 0 aliphatic heterocycles. The van der Waals surface area contributed by atoms with Gasteiger partial charge in [0.05, 0.1) is 13.2 Å². The van der Waals surface area contributed by atoms with Crippen LogP contribution in [0.25, 0.3) is 0 Å². The number of ether oxygens (including phenoxy) is 1. The van der Waals surface area contributed by atoms with Crippen LogP contribution in [0.5, 0.6) is 0 Å². The van der Waals surface area contributed by atoms with Gasteiger partial charge in [0.1, 0.15) is 11.9 Å². The number of halogens is 1. The summed E-state index contributed by atoms with van der Waals surface area (Å²) in [4.78, 5) is 23.5. The summed E-state index contributed by atoms with van der Waals surface area (Å²) in [5.74, 6) is -2.20. The Hall–Kier alpha value is -2.42. The van der Waals surface area contributed by atoms with Gasteiger partial charge in [-0.1, -0.05) is 6.07 Å². The molecule has 20 heavy (non-hydrogen) atoms. The fourth-order valence-corrected chi connectivity index (χ4v) is 1.63. The molecule has 0 aliphatic carbocycles. The van der Waals surface area contributed by atoms with Gasteiger partial charge in [0.25, 0.3) is 5.91 Å². The number of esters is 1. The van der Waals surface area contributed by atoms with Crippen LogP contribution in [0.15, 0.2) is 24.3 Å². The van der Waals surface area contributed by atoms with E-state index in [4.69, 9.17) is 5.26 Å². The summed E-state index contributed by atoms with van der Waals surface area (Å²) in [5.41, 5.74) is 0.100. The van der Waals surface area contributed by atoms with Gasteiger partial charge in [-0.2, -0.15) is 5.26 Å². The van der Waals surface area contributed by atoms with E-state index in [0.717, 1.165) is 6.07 Å². The van der Waals surface area contributed by atoms with E-state index in [0.29, 0.717) is 0 Å². The molecule has 1 amide bonds. The molecule has 0 radical (unpaired) electrons. The molecule has 0 saturated heterocycles. The first-order valence-corrected chi connectivity index (χ1v) is 6.01. The number of amides is 1. The van der Waals surface area contributed by atoms with Gasteiger partial charge in [-0.05, 0) is 31.5 Å². The van der Waals surface area contributed by atoms with Crippen LogP contribution in [0.4, 0.5) is 4.39 Å². The summed E-state index contributed by atoms with van der Waals surface area (Å²) in [6, 6.07) is 6.15. The second kappa shape index (κ2) is 7.24. The van der Waals surface area contributed by atoms with Gasteiger partial charge in [0.2, 0.25) is 0 Å². The number of nitriles is 1. The van der Waals surface area contributed by atoms with Crippen molar-refractivity contribution < 1.29 is 18.7 Å². The average molecular weight is 278 g/mol. The van der Waals surface area contributed by atoms with E-state index in [9.17, 15) is 14.0 Å². The van der Waals surface area contributed by atoms with E-state index in [1.807, 2.05) is 6.07 Å². The Labute approximate surface area is 116 Å². The first-order valence-electron chi connectivity index (χ1n) is 6.01. The maximum Gasteiger partial charge on any atom is 0.328 e. The number of nitrogens with one attached hydrogen (secondary N) is 1. The van der Waals surface area contributed by atoms with Crippen LogP contribution >= 0.6 is 0 Å². The summed E-state index contributed by atoms with van der Waals surface area (Å²) >= 11 is 0. The van der Waals surface area contributed by atoms with Crippen molar-refractivity contribution in [1.82, 2.24) is 5.32 Å². The third-order valence-corrected chi connectivity index (χ3v) is 2.69. The Bertz CT molecular complexity index is 539. The molecule has 2 atom stereocenters. The van der Waals surface area contributed by atoms with Crippen LogP contribution in [0.1, 0.15) is 23.7 Å². The van der Waals surface area contributed by atoms with E-state index in [1.165, 1.54) is 25.3 Å². The number of methoxy groups -OCH3 is 1. The maximum absolute atomic E-state index is 13.0. The Morgan fingerprint density at radius 3 is 2.75 bits per heavy atom. The van der Waals surface area contributed by atoms with Crippen molar-refractivity contribution in [2.75, 3.05) is 7.11 Å². The summed E-state index contributed by atoms with van der Waals surface area (Å²) in [5, 5.41) is 11.2. The second-order valence-corrected chi connectivity index (χ2v) is 4.33. The first-order chi connectivity index (χ1) is 9.47. The van der Waals surface area contributed by atoms with Crippen molar-refractivity contribution in [2.24, 2.45) is 5.92 Å². The quantitative estimate of drug-likeness (QED) is 0.830. The molecule has 0 bridgehead atoms. The lowest BCUT2D eigenvalue weighted by atomic mass is 10.0. The second-order valence-electron chi connectivity index (χ2n) is 4.33. The molecule has 0 unspecified atom stereocenters. The largest absolute Gasteiger partial charge is 0.467 e. The summed E-state index contributed by atoms with van der Waals surface area (Å²) in [6.45, 7) is 1.63. The van der Waals surface area contributed by atoms with Crippen LogP contribution in [0.2, 0.25) is 0 Å². The van der Waals surface area contributed by atoms with Gasteiger partial charge < -0.3 is 10.1 Å². The Morgan fingerprint density at radius 2 is 2.20 bits per heavy atom. The molecular weight excluding hydrogens is 263 g/mol. The highest BCUT2D eigenvalue weighted by molar-refractivity contribution is 5.96. The minimum Gasteiger partial charge on any atom is -0.467 e. The smallest absolute Gasteiger partial charge is 0.328 e. The molecule has 0 aliphatic rings. The zero-order chi connectivity index (χ0) is 15.1. The van der Waals surface area contributed by atoms with Crippen LogP contribution in [-0.4, -0.2) is 25.0 Å². The molecule has 0 aromatic heterocycles. The highest BCUT2D eigenvalue weighted by Gasteiger charge is 2.24. The zero-order valence-corrected chi connectivity index (χ0v) is 11.2. The maximum atomic E-state index is 13.0. The minimum atomic E-state index is -0.939. The SMILES string of the molecule is COC(=O)[C@H](C[C@H](C)C#N)NC(=O)c1cccc(F)c1. The molecule has 0 fully saturated rings. The molecule has 1 rings (SSSR count). The topological polar surface area (TPSA) is 79.2 Å². The molecule has 1 aromatic carbocycles.